The van der Waals surface area contributed by atoms with E-state index in [0.29, 0.717) is 13.1 Å². The van der Waals surface area contributed by atoms with Crippen LogP contribution in [0.3, 0.4) is 0 Å². The first-order valence-electron chi connectivity index (χ1n) is 11.5. The molecular formula is C27H29N3O2S. The van der Waals surface area contributed by atoms with Gasteiger partial charge in [0, 0.05) is 29.0 Å². The lowest BCUT2D eigenvalue weighted by Gasteiger charge is -2.24. The van der Waals surface area contributed by atoms with Crippen molar-refractivity contribution in [3.63, 3.8) is 0 Å². The van der Waals surface area contributed by atoms with Crippen molar-refractivity contribution in [1.82, 2.24) is 10.3 Å². The molecule has 2 heterocycles. The van der Waals surface area contributed by atoms with Crippen LogP contribution in [0.5, 0.6) is 5.75 Å². The molecule has 5 nitrogen and oxygen atoms in total. The van der Waals surface area contributed by atoms with Crippen LogP contribution in [0, 0.1) is 6.92 Å². The molecule has 0 bridgehead atoms. The van der Waals surface area contributed by atoms with Crippen molar-refractivity contribution in [3.8, 4) is 17.0 Å². The average Bonchev–Trinajstić information content (AvgIpc) is 3.43. The third-order valence-electron chi connectivity index (χ3n) is 7.02. The first-order valence-corrected chi connectivity index (χ1v) is 12.7. The van der Waals surface area contributed by atoms with Crippen LogP contribution in [0.25, 0.3) is 11.3 Å². The molecule has 0 saturated heterocycles. The van der Waals surface area contributed by atoms with Gasteiger partial charge in [-0.1, -0.05) is 25.0 Å². The van der Waals surface area contributed by atoms with Gasteiger partial charge in [0.2, 0.25) is 0 Å². The Morgan fingerprint density at radius 3 is 2.58 bits per heavy atom. The number of hydrogen-bond donors (Lipinski definition) is 2. The number of fused-ring (bicyclic) bond motifs is 2. The van der Waals surface area contributed by atoms with E-state index in [1.807, 2.05) is 30.0 Å². The summed E-state index contributed by atoms with van der Waals surface area (Å²) in [5.74, 6) is 0.260. The van der Waals surface area contributed by atoms with Crippen molar-refractivity contribution in [2.75, 3.05) is 17.7 Å². The highest BCUT2D eigenvalue weighted by Gasteiger charge is 2.47. The molecule has 6 heteroatoms. The summed E-state index contributed by atoms with van der Waals surface area (Å²) in [5.41, 5.74) is 5.90. The van der Waals surface area contributed by atoms with Crippen LogP contribution < -0.4 is 10.2 Å². The van der Waals surface area contributed by atoms with E-state index in [1.165, 1.54) is 17.7 Å². The van der Waals surface area contributed by atoms with Gasteiger partial charge in [0.05, 0.1) is 17.1 Å². The van der Waals surface area contributed by atoms with E-state index in [-0.39, 0.29) is 17.2 Å². The number of hydrogen-bond acceptors (Lipinski definition) is 4. The monoisotopic (exact) mass is 459 g/mol. The third-order valence-corrected chi connectivity index (χ3v) is 7.77. The van der Waals surface area contributed by atoms with Crippen molar-refractivity contribution in [3.05, 3.63) is 71.4 Å². The van der Waals surface area contributed by atoms with Crippen molar-refractivity contribution >= 4 is 23.5 Å². The fraction of sp³-hybridized carbons (Fsp3) is 0.333. The van der Waals surface area contributed by atoms with Crippen molar-refractivity contribution in [2.24, 2.45) is 0 Å². The number of urea groups is 1. The lowest BCUT2D eigenvalue weighted by atomic mass is 9.84. The zero-order valence-electron chi connectivity index (χ0n) is 19.1. The van der Waals surface area contributed by atoms with E-state index < -0.39 is 0 Å². The number of carbonyl (C=O) groups excluding carboxylic acids is 1. The van der Waals surface area contributed by atoms with E-state index in [2.05, 4.69) is 35.8 Å². The maximum atomic E-state index is 13.2. The van der Waals surface area contributed by atoms with Gasteiger partial charge >= 0.3 is 6.03 Å². The Bertz CT molecular complexity index is 1190. The Labute approximate surface area is 199 Å². The molecule has 1 aromatic heterocycles. The molecule has 33 heavy (non-hydrogen) atoms. The highest BCUT2D eigenvalue weighted by molar-refractivity contribution is 7.98. The summed E-state index contributed by atoms with van der Waals surface area (Å²) in [5, 5.41) is 12.9. The zero-order chi connectivity index (χ0) is 23.0. The number of amides is 2. The Balaban J connectivity index is 1.42. The number of nitrogens with one attached hydrogen (secondary N) is 1. The number of aromatic nitrogens is 1. The van der Waals surface area contributed by atoms with E-state index in [1.54, 1.807) is 23.9 Å². The molecule has 0 atom stereocenters. The van der Waals surface area contributed by atoms with Crippen LogP contribution >= 0.6 is 11.8 Å². The Morgan fingerprint density at radius 1 is 1.12 bits per heavy atom. The van der Waals surface area contributed by atoms with Crippen LogP contribution in [0.1, 0.15) is 42.5 Å². The van der Waals surface area contributed by atoms with Crippen molar-refractivity contribution in [1.29, 1.82) is 0 Å². The number of carbonyl (C=O) groups is 1. The van der Waals surface area contributed by atoms with E-state index >= 15 is 0 Å². The topological polar surface area (TPSA) is 65.5 Å². The number of benzene rings is 2. The lowest BCUT2D eigenvalue weighted by Crippen LogP contribution is -2.41. The molecule has 2 N–H and O–H groups in total. The molecular weight excluding hydrogens is 430 g/mol. The second-order valence-electron chi connectivity index (χ2n) is 9.14. The van der Waals surface area contributed by atoms with Crippen LogP contribution in [-0.4, -0.2) is 28.9 Å². The number of aromatic hydroxyl groups is 1. The van der Waals surface area contributed by atoms with Gasteiger partial charge in [-0.05, 0) is 79.6 Å². The van der Waals surface area contributed by atoms with Crippen molar-refractivity contribution < 1.29 is 9.90 Å². The maximum Gasteiger partial charge on any atom is 0.322 e. The summed E-state index contributed by atoms with van der Waals surface area (Å²) < 4.78 is 0. The Hall–Kier alpha value is -2.99. The molecule has 2 aliphatic rings. The van der Waals surface area contributed by atoms with Gasteiger partial charge in [0.15, 0.2) is 0 Å². The van der Waals surface area contributed by atoms with Gasteiger partial charge in [0.25, 0.3) is 0 Å². The Morgan fingerprint density at radius 2 is 1.88 bits per heavy atom. The summed E-state index contributed by atoms with van der Waals surface area (Å²) in [6.45, 7) is 3.18. The Kier molecular flexibility index (Phi) is 5.79. The van der Waals surface area contributed by atoms with E-state index in [9.17, 15) is 9.90 Å². The smallest absolute Gasteiger partial charge is 0.322 e. The second-order valence-corrected chi connectivity index (χ2v) is 10.0. The lowest BCUT2D eigenvalue weighted by molar-refractivity contribution is 0.245. The molecule has 5 rings (SSSR count). The third kappa shape index (κ3) is 4.08. The molecule has 1 aliphatic heterocycles. The van der Waals surface area contributed by atoms with Gasteiger partial charge in [-0.3, -0.25) is 4.90 Å². The van der Waals surface area contributed by atoms with Crippen LogP contribution in [-0.2, 0) is 12.0 Å². The maximum absolute atomic E-state index is 13.2. The molecule has 2 amide bonds. The number of phenols is 1. The molecule has 1 aliphatic carbocycles. The number of phenolic OH excluding ortho intramolecular Hbond substituents is 1. The predicted molar refractivity (Wildman–Crippen MR) is 134 cm³/mol. The fourth-order valence-electron chi connectivity index (χ4n) is 5.25. The summed E-state index contributed by atoms with van der Waals surface area (Å²) in [4.78, 5) is 21.5. The molecule has 1 fully saturated rings. The number of aryl methyl sites for hydroxylation is 1. The molecule has 0 unspecified atom stereocenters. The number of rotatable bonds is 4. The number of anilines is 1. The van der Waals surface area contributed by atoms with E-state index in [4.69, 9.17) is 4.98 Å². The normalized spacial score (nSPS) is 16.2. The largest absolute Gasteiger partial charge is 0.508 e. The number of pyridine rings is 1. The first-order chi connectivity index (χ1) is 16.0. The summed E-state index contributed by atoms with van der Waals surface area (Å²) in [7, 11) is 0. The average molecular weight is 460 g/mol. The van der Waals surface area contributed by atoms with Gasteiger partial charge in [-0.2, -0.15) is 0 Å². The number of thioether (sulfide) groups is 1. The SMILES string of the molecule is CSc1ccc(CNC(=O)N2CC3(CCCC3)c3nc(-c4ccc(O)cc4C)ccc32)cc1. The standard InChI is InChI=1S/C27H29N3O2S/c1-18-15-20(31)7-10-22(18)23-11-12-24-25(29-23)27(13-3-4-14-27)17-30(24)26(32)28-16-19-5-8-21(33-2)9-6-19/h5-12,15,31H,3-4,13-14,16-17H2,1-2H3,(H,28,32). The van der Waals surface area contributed by atoms with Crippen molar-refractivity contribution in [2.45, 2.75) is 49.5 Å². The highest BCUT2D eigenvalue weighted by Crippen LogP contribution is 2.50. The number of nitrogens with zero attached hydrogens (tertiary/aromatic N) is 2. The van der Waals surface area contributed by atoms with Crippen LogP contribution in [0.2, 0.25) is 0 Å². The zero-order valence-corrected chi connectivity index (χ0v) is 19.9. The van der Waals surface area contributed by atoms with E-state index in [0.717, 1.165) is 46.6 Å². The second kappa shape index (κ2) is 8.75. The summed E-state index contributed by atoms with van der Waals surface area (Å²) in [6.07, 6.45) is 6.51. The van der Waals surface area contributed by atoms with Gasteiger partial charge in [-0.15, -0.1) is 11.8 Å². The van der Waals surface area contributed by atoms with Crippen LogP contribution in [0.4, 0.5) is 10.5 Å². The highest BCUT2D eigenvalue weighted by atomic mass is 32.2. The quantitative estimate of drug-likeness (QED) is 0.468. The minimum Gasteiger partial charge on any atom is -0.508 e. The molecule has 1 spiro atoms. The first kappa shape index (κ1) is 21.8. The molecule has 170 valence electrons. The summed E-state index contributed by atoms with van der Waals surface area (Å²) in [6, 6.07) is 17.7. The molecule has 0 radical (unpaired) electrons. The molecule has 1 saturated carbocycles. The van der Waals surface area contributed by atoms with Gasteiger partial charge in [-0.25, -0.2) is 9.78 Å². The minimum absolute atomic E-state index is 0.0620. The molecule has 3 aromatic rings. The van der Waals surface area contributed by atoms with Gasteiger partial charge in [0.1, 0.15) is 5.75 Å². The van der Waals surface area contributed by atoms with Crippen LogP contribution in [0.15, 0.2) is 59.5 Å². The predicted octanol–water partition coefficient (Wildman–Crippen LogP) is 6.03. The summed E-state index contributed by atoms with van der Waals surface area (Å²) >= 11 is 1.71. The fourth-order valence-corrected chi connectivity index (χ4v) is 5.66. The van der Waals surface area contributed by atoms with Gasteiger partial charge < -0.3 is 10.4 Å². The minimum atomic E-state index is -0.0654. The molecule has 2 aromatic carbocycles.